The van der Waals surface area contributed by atoms with E-state index in [9.17, 15) is 18.5 Å². The molecule has 0 radical (unpaired) electrons. The maximum atomic E-state index is 12.4. The van der Waals surface area contributed by atoms with Crippen LogP contribution in [0.4, 0.5) is 11.4 Å². The third kappa shape index (κ3) is 2.98. The van der Waals surface area contributed by atoms with E-state index in [0.29, 0.717) is 5.82 Å². The first-order valence-corrected chi connectivity index (χ1v) is 7.11. The Morgan fingerprint density at radius 1 is 1.48 bits per heavy atom. The van der Waals surface area contributed by atoms with E-state index in [4.69, 9.17) is 5.73 Å². The summed E-state index contributed by atoms with van der Waals surface area (Å²) in [5.74, 6) is 0.313. The fourth-order valence-electron chi connectivity index (χ4n) is 1.66. The molecular formula is C10H12N6O4S. The highest BCUT2D eigenvalue weighted by Gasteiger charge is 2.30. The molecule has 0 atom stereocenters. The van der Waals surface area contributed by atoms with Gasteiger partial charge < -0.3 is 5.73 Å². The fraction of sp³-hybridized carbons (Fsp3) is 0.200. The fourth-order valence-corrected chi connectivity index (χ4v) is 2.98. The molecule has 1 aromatic carbocycles. The Hall–Kier alpha value is -2.53. The molecule has 1 heterocycles. The molecule has 0 fully saturated rings. The molecule has 112 valence electrons. The van der Waals surface area contributed by atoms with E-state index in [2.05, 4.69) is 15.2 Å². The molecule has 21 heavy (non-hydrogen) atoms. The number of anilines is 1. The number of aromatic amines is 1. The first-order chi connectivity index (χ1) is 9.82. The normalized spacial score (nSPS) is 11.7. The molecule has 0 amide bonds. The van der Waals surface area contributed by atoms with Crippen LogP contribution in [0.3, 0.4) is 0 Å². The number of nitrogens with zero attached hydrogens (tertiary/aromatic N) is 4. The van der Waals surface area contributed by atoms with Crippen LogP contribution in [0.5, 0.6) is 0 Å². The van der Waals surface area contributed by atoms with Crippen molar-refractivity contribution >= 4 is 21.4 Å². The monoisotopic (exact) mass is 312 g/mol. The minimum Gasteiger partial charge on any atom is -0.399 e. The van der Waals surface area contributed by atoms with Crippen molar-refractivity contribution in [3.8, 4) is 0 Å². The van der Waals surface area contributed by atoms with Crippen LogP contribution in [0.15, 0.2) is 29.4 Å². The minimum atomic E-state index is -4.09. The smallest absolute Gasteiger partial charge is 0.289 e. The van der Waals surface area contributed by atoms with Gasteiger partial charge in [-0.05, 0) is 12.1 Å². The molecule has 0 spiro atoms. The summed E-state index contributed by atoms with van der Waals surface area (Å²) < 4.78 is 25.8. The van der Waals surface area contributed by atoms with Crippen LogP contribution < -0.4 is 5.73 Å². The summed E-state index contributed by atoms with van der Waals surface area (Å²) in [6, 6.07) is 3.39. The van der Waals surface area contributed by atoms with Gasteiger partial charge in [-0.25, -0.2) is 13.4 Å². The second-order valence-electron chi connectivity index (χ2n) is 4.18. The average molecular weight is 312 g/mol. The highest BCUT2D eigenvalue weighted by molar-refractivity contribution is 7.89. The molecule has 1 aromatic heterocycles. The second-order valence-corrected chi connectivity index (χ2v) is 6.19. The number of benzene rings is 1. The number of H-pyrrole nitrogens is 1. The van der Waals surface area contributed by atoms with Crippen molar-refractivity contribution in [1.29, 1.82) is 0 Å². The number of aromatic nitrogens is 3. The topological polar surface area (TPSA) is 148 Å². The summed E-state index contributed by atoms with van der Waals surface area (Å²) in [5, 5.41) is 17.1. The molecule has 0 bridgehead atoms. The van der Waals surface area contributed by atoms with Crippen molar-refractivity contribution in [3.63, 3.8) is 0 Å². The molecule has 0 aliphatic heterocycles. The van der Waals surface area contributed by atoms with Crippen LogP contribution in [-0.2, 0) is 16.6 Å². The Kier molecular flexibility index (Phi) is 3.86. The largest absolute Gasteiger partial charge is 0.399 e. The lowest BCUT2D eigenvalue weighted by Crippen LogP contribution is -2.27. The highest BCUT2D eigenvalue weighted by atomic mass is 32.2. The molecule has 2 aromatic rings. The Bertz CT molecular complexity index is 758. The van der Waals surface area contributed by atoms with Crippen molar-refractivity contribution in [2.75, 3.05) is 12.8 Å². The third-order valence-electron chi connectivity index (χ3n) is 2.71. The van der Waals surface area contributed by atoms with E-state index >= 15 is 0 Å². The molecular weight excluding hydrogens is 300 g/mol. The number of nitro benzene ring substituents is 1. The summed E-state index contributed by atoms with van der Waals surface area (Å²) >= 11 is 0. The van der Waals surface area contributed by atoms with Gasteiger partial charge in [-0.15, -0.1) is 0 Å². The molecule has 2 rings (SSSR count). The number of hydrogen-bond acceptors (Lipinski definition) is 7. The van der Waals surface area contributed by atoms with Gasteiger partial charge in [0, 0.05) is 18.8 Å². The number of rotatable bonds is 5. The molecule has 0 saturated heterocycles. The molecule has 0 unspecified atom stereocenters. The predicted molar refractivity (Wildman–Crippen MR) is 72.5 cm³/mol. The molecule has 11 heteroatoms. The summed E-state index contributed by atoms with van der Waals surface area (Å²) in [5.41, 5.74) is 5.11. The predicted octanol–water partition coefficient (Wildman–Crippen LogP) is 0.116. The van der Waals surface area contributed by atoms with Crippen molar-refractivity contribution < 1.29 is 13.3 Å². The zero-order valence-electron chi connectivity index (χ0n) is 10.9. The van der Waals surface area contributed by atoms with Gasteiger partial charge in [-0.1, -0.05) is 0 Å². The minimum absolute atomic E-state index is 0.103. The van der Waals surface area contributed by atoms with Gasteiger partial charge in [0.2, 0.25) is 10.0 Å². The maximum absolute atomic E-state index is 12.4. The van der Waals surface area contributed by atoms with Gasteiger partial charge in [0.1, 0.15) is 12.2 Å². The van der Waals surface area contributed by atoms with Gasteiger partial charge in [-0.3, -0.25) is 15.2 Å². The summed E-state index contributed by atoms with van der Waals surface area (Å²) in [4.78, 5) is 13.5. The molecule has 3 N–H and O–H groups in total. The zero-order chi connectivity index (χ0) is 15.6. The summed E-state index contributed by atoms with van der Waals surface area (Å²) in [6.45, 7) is -0.103. The Morgan fingerprint density at radius 2 is 2.19 bits per heavy atom. The number of sulfonamides is 1. The first kappa shape index (κ1) is 14.9. The van der Waals surface area contributed by atoms with E-state index in [1.165, 1.54) is 19.4 Å². The van der Waals surface area contributed by atoms with Gasteiger partial charge >= 0.3 is 0 Å². The molecule has 0 saturated carbocycles. The van der Waals surface area contributed by atoms with Crippen LogP contribution in [0.25, 0.3) is 0 Å². The van der Waals surface area contributed by atoms with Gasteiger partial charge in [0.15, 0.2) is 4.90 Å². The Morgan fingerprint density at radius 3 is 2.76 bits per heavy atom. The zero-order valence-corrected chi connectivity index (χ0v) is 11.7. The van der Waals surface area contributed by atoms with Gasteiger partial charge in [-0.2, -0.15) is 9.40 Å². The number of hydrogen-bond donors (Lipinski definition) is 2. The standard InChI is InChI=1S/C10H12N6O4S/c1-15(5-10-12-6-13-14-10)21(19,20)9-4-7(11)2-3-8(9)16(17)18/h2-4,6H,5,11H2,1H3,(H,12,13,14). The first-order valence-electron chi connectivity index (χ1n) is 5.67. The number of nitrogen functional groups attached to an aromatic ring is 1. The summed E-state index contributed by atoms with van der Waals surface area (Å²) in [7, 11) is -2.81. The van der Waals surface area contributed by atoms with Crippen LogP contribution in [-0.4, -0.2) is 39.9 Å². The van der Waals surface area contributed by atoms with Crippen LogP contribution in [0.1, 0.15) is 5.82 Å². The van der Waals surface area contributed by atoms with E-state index < -0.39 is 25.5 Å². The van der Waals surface area contributed by atoms with Crippen LogP contribution >= 0.6 is 0 Å². The quantitative estimate of drug-likeness (QED) is 0.452. The maximum Gasteiger partial charge on any atom is 0.289 e. The van der Waals surface area contributed by atoms with Crippen molar-refractivity contribution in [3.05, 3.63) is 40.5 Å². The lowest BCUT2D eigenvalue weighted by atomic mass is 10.3. The van der Waals surface area contributed by atoms with E-state index in [-0.39, 0.29) is 12.2 Å². The van der Waals surface area contributed by atoms with E-state index in [1.807, 2.05) is 0 Å². The van der Waals surface area contributed by atoms with Crippen molar-refractivity contribution in [2.45, 2.75) is 11.4 Å². The number of nitrogens with two attached hydrogens (primary N) is 1. The van der Waals surface area contributed by atoms with Gasteiger partial charge in [0.25, 0.3) is 5.69 Å². The Labute approximate surface area is 119 Å². The van der Waals surface area contributed by atoms with E-state index in [0.717, 1.165) is 16.4 Å². The molecule has 0 aliphatic carbocycles. The highest BCUT2D eigenvalue weighted by Crippen LogP contribution is 2.28. The lowest BCUT2D eigenvalue weighted by molar-refractivity contribution is -0.387. The van der Waals surface area contributed by atoms with Gasteiger partial charge in [0.05, 0.1) is 11.5 Å². The Balaban J connectivity index is 2.43. The lowest BCUT2D eigenvalue weighted by Gasteiger charge is -2.16. The number of nitro groups is 1. The third-order valence-corrected chi connectivity index (χ3v) is 4.54. The summed E-state index contributed by atoms with van der Waals surface area (Å²) in [6.07, 6.45) is 1.23. The molecule has 10 nitrogen and oxygen atoms in total. The van der Waals surface area contributed by atoms with E-state index in [1.54, 1.807) is 0 Å². The van der Waals surface area contributed by atoms with Crippen molar-refractivity contribution in [2.24, 2.45) is 0 Å². The number of nitrogens with one attached hydrogen (secondary N) is 1. The van der Waals surface area contributed by atoms with Crippen LogP contribution in [0, 0.1) is 10.1 Å². The second kappa shape index (κ2) is 5.46. The average Bonchev–Trinajstić information content (AvgIpc) is 2.91. The van der Waals surface area contributed by atoms with Crippen LogP contribution in [0.2, 0.25) is 0 Å². The molecule has 0 aliphatic rings. The SMILES string of the molecule is CN(Cc1ncn[nH]1)S(=O)(=O)c1cc(N)ccc1[N+](=O)[O-]. The van der Waals surface area contributed by atoms with Crippen molar-refractivity contribution in [1.82, 2.24) is 19.5 Å².